The Bertz CT molecular complexity index is 602. The predicted octanol–water partition coefficient (Wildman–Crippen LogP) is 3.64. The number of pyridine rings is 1. The van der Waals surface area contributed by atoms with E-state index in [9.17, 15) is 0 Å². The number of benzene rings is 1. The number of hydrogen-bond donors (Lipinski definition) is 1. The number of nitriles is 1. The molecule has 0 bridgehead atoms. The van der Waals surface area contributed by atoms with E-state index in [0.29, 0.717) is 12.2 Å². The lowest BCUT2D eigenvalue weighted by atomic mass is 10.1. The summed E-state index contributed by atoms with van der Waals surface area (Å²) in [7, 11) is 0. The molecule has 0 aliphatic carbocycles. The summed E-state index contributed by atoms with van der Waals surface area (Å²) in [5.74, 6) is 0. The van der Waals surface area contributed by atoms with Crippen LogP contribution in [0.4, 0.5) is 5.69 Å². The average molecular weight is 302 g/mol. The quantitative estimate of drug-likeness (QED) is 0.941. The minimum Gasteiger partial charge on any atom is -0.381 e. The third-order valence-corrected chi connectivity index (χ3v) is 3.15. The summed E-state index contributed by atoms with van der Waals surface area (Å²) < 4.78 is 1.06. The zero-order valence-corrected chi connectivity index (χ0v) is 11.5. The normalized spacial score (nSPS) is 9.83. The first-order valence-electron chi connectivity index (χ1n) is 5.54. The number of rotatable bonds is 3. The van der Waals surface area contributed by atoms with Crippen molar-refractivity contribution >= 4 is 21.6 Å². The van der Waals surface area contributed by atoms with E-state index in [1.807, 2.05) is 31.2 Å². The second kappa shape index (κ2) is 5.65. The maximum Gasteiger partial charge on any atom is 0.145 e. The van der Waals surface area contributed by atoms with Crippen LogP contribution in [0.25, 0.3) is 0 Å². The molecule has 0 atom stereocenters. The molecule has 0 saturated heterocycles. The van der Waals surface area contributed by atoms with Crippen molar-refractivity contribution in [3.8, 4) is 6.07 Å². The third kappa shape index (κ3) is 2.88. The first-order valence-corrected chi connectivity index (χ1v) is 6.34. The highest BCUT2D eigenvalue weighted by molar-refractivity contribution is 9.10. The maximum atomic E-state index is 8.96. The van der Waals surface area contributed by atoms with Gasteiger partial charge in [0.25, 0.3) is 0 Å². The van der Waals surface area contributed by atoms with E-state index in [4.69, 9.17) is 5.26 Å². The molecule has 0 unspecified atom stereocenters. The molecule has 1 aromatic carbocycles. The molecular weight excluding hydrogens is 290 g/mol. The van der Waals surface area contributed by atoms with Gasteiger partial charge < -0.3 is 5.32 Å². The lowest BCUT2D eigenvalue weighted by Crippen LogP contribution is -2.03. The van der Waals surface area contributed by atoms with Gasteiger partial charge in [-0.3, -0.25) is 0 Å². The summed E-state index contributed by atoms with van der Waals surface area (Å²) >= 11 is 3.43. The van der Waals surface area contributed by atoms with E-state index < -0.39 is 0 Å². The fraction of sp³-hybridized carbons (Fsp3) is 0.143. The van der Waals surface area contributed by atoms with Crippen LogP contribution in [-0.4, -0.2) is 4.98 Å². The Morgan fingerprint density at radius 1 is 1.39 bits per heavy atom. The summed E-state index contributed by atoms with van der Waals surface area (Å²) in [6.45, 7) is 2.64. The Kier molecular flexibility index (Phi) is 3.96. The molecule has 0 fully saturated rings. The molecule has 0 radical (unpaired) electrons. The molecule has 0 amide bonds. The molecule has 3 nitrogen and oxygen atoms in total. The number of anilines is 1. The number of halogens is 1. The molecule has 0 spiro atoms. The van der Waals surface area contributed by atoms with Crippen LogP contribution in [0.5, 0.6) is 0 Å². The fourth-order valence-corrected chi connectivity index (χ4v) is 2.17. The highest BCUT2D eigenvalue weighted by Gasteiger charge is 2.03. The van der Waals surface area contributed by atoms with Gasteiger partial charge in [-0.25, -0.2) is 4.98 Å². The number of nitrogens with one attached hydrogen (secondary N) is 1. The van der Waals surface area contributed by atoms with Crippen molar-refractivity contribution in [3.05, 3.63) is 57.8 Å². The molecule has 18 heavy (non-hydrogen) atoms. The van der Waals surface area contributed by atoms with Crippen molar-refractivity contribution in [2.24, 2.45) is 0 Å². The third-order valence-electron chi connectivity index (χ3n) is 2.65. The molecule has 2 aromatic rings. The van der Waals surface area contributed by atoms with Crippen molar-refractivity contribution < 1.29 is 0 Å². The largest absolute Gasteiger partial charge is 0.381 e. The monoisotopic (exact) mass is 301 g/mol. The smallest absolute Gasteiger partial charge is 0.145 e. The Morgan fingerprint density at radius 2 is 2.22 bits per heavy atom. The maximum absolute atomic E-state index is 8.96. The van der Waals surface area contributed by atoms with Gasteiger partial charge in [-0.15, -0.1) is 0 Å². The van der Waals surface area contributed by atoms with Crippen molar-refractivity contribution in [1.29, 1.82) is 5.26 Å². The van der Waals surface area contributed by atoms with Gasteiger partial charge in [0.05, 0.1) is 0 Å². The van der Waals surface area contributed by atoms with Gasteiger partial charge in [0.2, 0.25) is 0 Å². The molecule has 1 heterocycles. The van der Waals surface area contributed by atoms with Gasteiger partial charge in [0.15, 0.2) is 0 Å². The summed E-state index contributed by atoms with van der Waals surface area (Å²) in [5, 5.41) is 12.3. The second-order valence-corrected chi connectivity index (χ2v) is 4.85. The van der Waals surface area contributed by atoms with E-state index >= 15 is 0 Å². The number of aromatic nitrogens is 1. The van der Waals surface area contributed by atoms with Crippen LogP contribution in [-0.2, 0) is 6.54 Å². The summed E-state index contributed by atoms with van der Waals surface area (Å²) in [6, 6.07) is 11.9. The van der Waals surface area contributed by atoms with Crippen LogP contribution in [0, 0.1) is 18.3 Å². The fourth-order valence-electron chi connectivity index (χ4n) is 1.70. The van der Waals surface area contributed by atoms with E-state index in [-0.39, 0.29) is 0 Å². The van der Waals surface area contributed by atoms with Gasteiger partial charge in [0, 0.05) is 28.5 Å². The van der Waals surface area contributed by atoms with Crippen molar-refractivity contribution in [2.45, 2.75) is 13.5 Å². The Labute approximate surface area is 115 Å². The standard InChI is InChI=1S/C14H12BrN3/c1-10-7-12(15)4-5-13(10)18-9-11-3-2-6-17-14(11)8-16/h2-7,18H,9H2,1H3. The molecule has 1 aromatic heterocycles. The van der Waals surface area contributed by atoms with E-state index in [1.54, 1.807) is 6.20 Å². The average Bonchev–Trinajstić information content (AvgIpc) is 2.38. The molecule has 2 rings (SSSR count). The van der Waals surface area contributed by atoms with Gasteiger partial charge >= 0.3 is 0 Å². The van der Waals surface area contributed by atoms with E-state index in [0.717, 1.165) is 21.3 Å². The molecule has 90 valence electrons. The SMILES string of the molecule is Cc1cc(Br)ccc1NCc1cccnc1C#N. The minimum absolute atomic E-state index is 0.472. The Balaban J connectivity index is 2.14. The van der Waals surface area contributed by atoms with Crippen LogP contribution in [0.2, 0.25) is 0 Å². The van der Waals surface area contributed by atoms with Crippen molar-refractivity contribution in [3.63, 3.8) is 0 Å². The highest BCUT2D eigenvalue weighted by Crippen LogP contribution is 2.20. The Morgan fingerprint density at radius 3 is 2.94 bits per heavy atom. The van der Waals surface area contributed by atoms with Crippen LogP contribution >= 0.6 is 15.9 Å². The van der Waals surface area contributed by atoms with Crippen molar-refractivity contribution in [1.82, 2.24) is 4.98 Å². The van der Waals surface area contributed by atoms with Gasteiger partial charge in [-0.2, -0.15) is 5.26 Å². The van der Waals surface area contributed by atoms with Crippen LogP contribution in [0.15, 0.2) is 41.0 Å². The first kappa shape index (κ1) is 12.6. The predicted molar refractivity (Wildman–Crippen MR) is 75.2 cm³/mol. The number of hydrogen-bond acceptors (Lipinski definition) is 3. The van der Waals surface area contributed by atoms with Gasteiger partial charge in [-0.1, -0.05) is 22.0 Å². The summed E-state index contributed by atoms with van der Waals surface area (Å²) in [4.78, 5) is 4.04. The van der Waals surface area contributed by atoms with Crippen LogP contribution in [0.1, 0.15) is 16.8 Å². The topological polar surface area (TPSA) is 48.7 Å². The van der Waals surface area contributed by atoms with E-state index in [1.165, 1.54) is 0 Å². The first-order chi connectivity index (χ1) is 8.70. The number of aryl methyl sites for hydroxylation is 1. The summed E-state index contributed by atoms with van der Waals surface area (Å²) in [6.07, 6.45) is 1.63. The second-order valence-electron chi connectivity index (χ2n) is 3.94. The molecule has 1 N–H and O–H groups in total. The Hall–Kier alpha value is -1.86. The lowest BCUT2D eigenvalue weighted by Gasteiger charge is -2.10. The zero-order valence-electron chi connectivity index (χ0n) is 9.94. The molecule has 0 aliphatic rings. The van der Waals surface area contributed by atoms with Crippen LogP contribution in [0.3, 0.4) is 0 Å². The van der Waals surface area contributed by atoms with Crippen LogP contribution < -0.4 is 5.32 Å². The molecular formula is C14H12BrN3. The highest BCUT2D eigenvalue weighted by atomic mass is 79.9. The van der Waals surface area contributed by atoms with Gasteiger partial charge in [0.1, 0.15) is 11.8 Å². The number of nitrogens with zero attached hydrogens (tertiary/aromatic N) is 2. The van der Waals surface area contributed by atoms with E-state index in [2.05, 4.69) is 38.4 Å². The van der Waals surface area contributed by atoms with Crippen molar-refractivity contribution in [2.75, 3.05) is 5.32 Å². The molecule has 0 saturated carbocycles. The molecule has 4 heteroatoms. The van der Waals surface area contributed by atoms with Gasteiger partial charge in [-0.05, 0) is 36.8 Å². The zero-order chi connectivity index (χ0) is 13.0. The summed E-state index contributed by atoms with van der Waals surface area (Å²) in [5.41, 5.74) is 3.60. The minimum atomic E-state index is 0.472. The lowest BCUT2D eigenvalue weighted by molar-refractivity contribution is 1.08. The molecule has 0 aliphatic heterocycles.